The lowest BCUT2D eigenvalue weighted by Crippen LogP contribution is -2.54. The van der Waals surface area contributed by atoms with Gasteiger partial charge in [-0.1, -0.05) is 0 Å². The SMILES string of the molecule is CC1(C)COCCN1CCNC(=O)c1ccc2ncsc2c1. The molecule has 3 rings (SSSR count). The Balaban J connectivity index is 1.55. The minimum Gasteiger partial charge on any atom is -0.378 e. The van der Waals surface area contributed by atoms with Crippen LogP contribution in [0.5, 0.6) is 0 Å². The van der Waals surface area contributed by atoms with Crippen LogP contribution in [0.25, 0.3) is 10.2 Å². The van der Waals surface area contributed by atoms with Gasteiger partial charge in [-0.25, -0.2) is 4.98 Å². The number of carbonyl (C=O) groups excluding carboxylic acids is 1. The van der Waals surface area contributed by atoms with Gasteiger partial charge >= 0.3 is 0 Å². The molecular weight excluding hydrogens is 298 g/mol. The topological polar surface area (TPSA) is 54.5 Å². The number of hydrogen-bond donors (Lipinski definition) is 1. The highest BCUT2D eigenvalue weighted by Gasteiger charge is 2.29. The molecule has 1 fully saturated rings. The summed E-state index contributed by atoms with van der Waals surface area (Å²) in [6, 6.07) is 5.63. The van der Waals surface area contributed by atoms with Gasteiger partial charge in [0.1, 0.15) is 0 Å². The molecule has 0 atom stereocenters. The van der Waals surface area contributed by atoms with Gasteiger partial charge in [-0.15, -0.1) is 11.3 Å². The summed E-state index contributed by atoms with van der Waals surface area (Å²) in [5.41, 5.74) is 3.46. The molecule has 2 heterocycles. The number of amides is 1. The molecule has 0 radical (unpaired) electrons. The summed E-state index contributed by atoms with van der Waals surface area (Å²) in [5.74, 6) is -0.0265. The van der Waals surface area contributed by atoms with Gasteiger partial charge in [0.15, 0.2) is 0 Å². The Bertz CT molecular complexity index is 668. The molecule has 6 heteroatoms. The molecule has 1 saturated heterocycles. The molecule has 0 aliphatic carbocycles. The number of fused-ring (bicyclic) bond motifs is 1. The lowest BCUT2D eigenvalue weighted by Gasteiger charge is -2.42. The maximum absolute atomic E-state index is 12.2. The number of ether oxygens (including phenoxy) is 1. The molecule has 2 aromatic rings. The first-order chi connectivity index (χ1) is 10.6. The first kappa shape index (κ1) is 15.4. The number of nitrogens with one attached hydrogen (secondary N) is 1. The number of morpholine rings is 1. The van der Waals surface area contributed by atoms with Crippen LogP contribution in [0, 0.1) is 0 Å². The van der Waals surface area contributed by atoms with Crippen molar-refractivity contribution in [1.29, 1.82) is 0 Å². The predicted octanol–water partition coefficient (Wildman–Crippen LogP) is 2.14. The molecule has 22 heavy (non-hydrogen) atoms. The average molecular weight is 319 g/mol. The molecule has 1 amide bonds. The second-order valence-electron chi connectivity index (χ2n) is 6.14. The van der Waals surface area contributed by atoms with Gasteiger partial charge in [-0.2, -0.15) is 0 Å². The van der Waals surface area contributed by atoms with Crippen LogP contribution < -0.4 is 5.32 Å². The van der Waals surface area contributed by atoms with Gasteiger partial charge in [0.05, 0.1) is 28.9 Å². The molecule has 5 nitrogen and oxygen atoms in total. The summed E-state index contributed by atoms with van der Waals surface area (Å²) in [6.45, 7) is 8.24. The monoisotopic (exact) mass is 319 g/mol. The van der Waals surface area contributed by atoms with Crippen molar-refractivity contribution in [2.24, 2.45) is 0 Å². The fourth-order valence-electron chi connectivity index (χ4n) is 2.71. The smallest absolute Gasteiger partial charge is 0.251 e. The lowest BCUT2D eigenvalue weighted by molar-refractivity contribution is -0.0498. The van der Waals surface area contributed by atoms with E-state index in [2.05, 4.69) is 29.0 Å². The van der Waals surface area contributed by atoms with Crippen molar-refractivity contribution in [3.8, 4) is 0 Å². The van der Waals surface area contributed by atoms with Crippen molar-refractivity contribution in [2.75, 3.05) is 32.8 Å². The zero-order chi connectivity index (χ0) is 15.6. The Morgan fingerprint density at radius 2 is 2.36 bits per heavy atom. The van der Waals surface area contributed by atoms with E-state index in [1.807, 2.05) is 18.2 Å². The van der Waals surface area contributed by atoms with Crippen molar-refractivity contribution >= 4 is 27.5 Å². The fraction of sp³-hybridized carbons (Fsp3) is 0.500. The normalized spacial score (nSPS) is 18.5. The van der Waals surface area contributed by atoms with Gasteiger partial charge in [0.25, 0.3) is 5.91 Å². The van der Waals surface area contributed by atoms with Crippen molar-refractivity contribution in [2.45, 2.75) is 19.4 Å². The van der Waals surface area contributed by atoms with E-state index in [-0.39, 0.29) is 11.4 Å². The first-order valence-corrected chi connectivity index (χ1v) is 8.38. The van der Waals surface area contributed by atoms with Crippen LogP contribution in [0.4, 0.5) is 0 Å². The van der Waals surface area contributed by atoms with Gasteiger partial charge in [0, 0.05) is 30.7 Å². The quantitative estimate of drug-likeness (QED) is 0.938. The molecule has 0 spiro atoms. The summed E-state index contributed by atoms with van der Waals surface area (Å²) in [5, 5.41) is 3.00. The molecule has 1 aromatic carbocycles. The van der Waals surface area contributed by atoms with Crippen LogP contribution in [0.2, 0.25) is 0 Å². The zero-order valence-corrected chi connectivity index (χ0v) is 13.8. The Morgan fingerprint density at radius 3 is 3.18 bits per heavy atom. The molecule has 0 bridgehead atoms. The number of nitrogens with zero attached hydrogens (tertiary/aromatic N) is 2. The van der Waals surface area contributed by atoms with E-state index in [1.54, 1.807) is 16.8 Å². The van der Waals surface area contributed by atoms with E-state index in [4.69, 9.17) is 4.74 Å². The second kappa shape index (κ2) is 6.32. The number of aromatic nitrogens is 1. The summed E-state index contributed by atoms with van der Waals surface area (Å²) in [7, 11) is 0. The highest BCUT2D eigenvalue weighted by atomic mass is 32.1. The van der Waals surface area contributed by atoms with E-state index in [0.29, 0.717) is 12.1 Å². The largest absolute Gasteiger partial charge is 0.378 e. The van der Waals surface area contributed by atoms with Gasteiger partial charge in [-0.05, 0) is 32.0 Å². The maximum Gasteiger partial charge on any atom is 0.251 e. The lowest BCUT2D eigenvalue weighted by atomic mass is 10.0. The van der Waals surface area contributed by atoms with Gasteiger partial charge in [0.2, 0.25) is 0 Å². The third-order valence-corrected chi connectivity index (χ3v) is 4.87. The summed E-state index contributed by atoms with van der Waals surface area (Å²) >= 11 is 1.55. The Morgan fingerprint density at radius 1 is 1.50 bits per heavy atom. The minimum atomic E-state index is -0.0265. The second-order valence-corrected chi connectivity index (χ2v) is 7.03. The van der Waals surface area contributed by atoms with E-state index < -0.39 is 0 Å². The number of carbonyl (C=O) groups is 1. The van der Waals surface area contributed by atoms with Crippen LogP contribution in [0.15, 0.2) is 23.7 Å². The number of benzene rings is 1. The Kier molecular flexibility index (Phi) is 4.42. The molecule has 1 aliphatic heterocycles. The minimum absolute atomic E-state index is 0.0265. The fourth-order valence-corrected chi connectivity index (χ4v) is 3.42. The standard InChI is InChI=1S/C16H21N3O2S/c1-16(2)10-21-8-7-19(16)6-5-17-15(20)12-3-4-13-14(9-12)22-11-18-13/h3-4,9,11H,5-8,10H2,1-2H3,(H,17,20). The highest BCUT2D eigenvalue weighted by Crippen LogP contribution is 2.19. The third kappa shape index (κ3) is 3.29. The van der Waals surface area contributed by atoms with Gasteiger partial charge in [-0.3, -0.25) is 9.69 Å². The molecule has 0 unspecified atom stereocenters. The summed E-state index contributed by atoms with van der Waals surface area (Å²) in [4.78, 5) is 18.8. The van der Waals surface area contributed by atoms with Gasteiger partial charge < -0.3 is 10.1 Å². The van der Waals surface area contributed by atoms with Crippen LogP contribution in [-0.2, 0) is 4.74 Å². The number of rotatable bonds is 4. The predicted molar refractivity (Wildman–Crippen MR) is 88.4 cm³/mol. The van der Waals surface area contributed by atoms with Crippen LogP contribution >= 0.6 is 11.3 Å². The highest BCUT2D eigenvalue weighted by molar-refractivity contribution is 7.16. The molecular formula is C16H21N3O2S. The molecule has 1 N–H and O–H groups in total. The molecule has 1 aromatic heterocycles. The van der Waals surface area contributed by atoms with E-state index >= 15 is 0 Å². The zero-order valence-electron chi connectivity index (χ0n) is 13.0. The average Bonchev–Trinajstić information content (AvgIpc) is 2.96. The van der Waals surface area contributed by atoms with Crippen LogP contribution in [0.1, 0.15) is 24.2 Å². The van der Waals surface area contributed by atoms with Crippen molar-refractivity contribution in [1.82, 2.24) is 15.2 Å². The summed E-state index contributed by atoms with van der Waals surface area (Å²) < 4.78 is 6.55. The van der Waals surface area contributed by atoms with E-state index in [0.717, 1.165) is 36.5 Å². The Labute approximate surface area is 134 Å². The van der Waals surface area contributed by atoms with Crippen LogP contribution in [-0.4, -0.2) is 54.2 Å². The summed E-state index contributed by atoms with van der Waals surface area (Å²) in [6.07, 6.45) is 0. The van der Waals surface area contributed by atoms with Crippen molar-refractivity contribution in [3.63, 3.8) is 0 Å². The first-order valence-electron chi connectivity index (χ1n) is 7.50. The molecule has 1 aliphatic rings. The van der Waals surface area contributed by atoms with E-state index in [1.165, 1.54) is 0 Å². The van der Waals surface area contributed by atoms with Crippen molar-refractivity contribution < 1.29 is 9.53 Å². The van der Waals surface area contributed by atoms with Crippen molar-refractivity contribution in [3.05, 3.63) is 29.3 Å². The Hall–Kier alpha value is -1.50. The molecule has 0 saturated carbocycles. The number of thiazole rings is 1. The maximum atomic E-state index is 12.2. The van der Waals surface area contributed by atoms with E-state index in [9.17, 15) is 4.79 Å². The third-order valence-electron chi connectivity index (χ3n) is 4.08. The number of hydrogen-bond acceptors (Lipinski definition) is 5. The van der Waals surface area contributed by atoms with Crippen LogP contribution in [0.3, 0.4) is 0 Å². The molecule has 118 valence electrons.